The molecule has 3 aromatic rings. The van der Waals surface area contributed by atoms with Crippen molar-refractivity contribution in [3.05, 3.63) is 68.6 Å². The molecule has 0 fully saturated rings. The molecule has 0 saturated carbocycles. The van der Waals surface area contributed by atoms with Crippen LogP contribution in [0.5, 0.6) is 0 Å². The maximum atomic E-state index is 12.2. The second-order valence-corrected chi connectivity index (χ2v) is 7.12. The third-order valence-electron chi connectivity index (χ3n) is 3.90. The molecule has 0 atom stereocenters. The zero-order chi connectivity index (χ0) is 19.6. The maximum Gasteiger partial charge on any atom is 0.348 e. The Bertz CT molecular complexity index is 1060. The first-order valence-electron chi connectivity index (χ1n) is 8.06. The number of amides is 1. The number of hydrogen-bond donors (Lipinski definition) is 1. The molecule has 0 aliphatic rings. The number of esters is 1. The normalized spacial score (nSPS) is 10.6. The van der Waals surface area contributed by atoms with Gasteiger partial charge in [0.05, 0.1) is 4.92 Å². The zero-order valence-electron chi connectivity index (χ0n) is 14.6. The summed E-state index contributed by atoms with van der Waals surface area (Å²) in [6.45, 7) is 3.42. The van der Waals surface area contributed by atoms with Crippen LogP contribution in [0.15, 0.2) is 42.5 Å². The minimum absolute atomic E-state index is 0.0481. The third-order valence-corrected chi connectivity index (χ3v) is 5.00. The number of carbonyl (C=O) groups is 2. The van der Waals surface area contributed by atoms with Crippen molar-refractivity contribution in [3.63, 3.8) is 0 Å². The average Bonchev–Trinajstić information content (AvgIpc) is 3.05. The Morgan fingerprint density at radius 3 is 2.63 bits per heavy atom. The largest absolute Gasteiger partial charge is 0.451 e. The predicted octanol–water partition coefficient (Wildman–Crippen LogP) is 4.22. The highest BCUT2D eigenvalue weighted by Gasteiger charge is 2.16. The molecule has 7 nitrogen and oxygen atoms in total. The fraction of sp³-hybridized carbons (Fsp3) is 0.158. The van der Waals surface area contributed by atoms with E-state index in [0.29, 0.717) is 11.1 Å². The van der Waals surface area contributed by atoms with Crippen molar-refractivity contribution in [1.82, 2.24) is 0 Å². The third kappa shape index (κ3) is 4.29. The molecule has 1 amide bonds. The Kier molecular flexibility index (Phi) is 5.18. The lowest BCUT2D eigenvalue weighted by molar-refractivity contribution is -0.384. The summed E-state index contributed by atoms with van der Waals surface area (Å²) in [6.07, 6.45) is 0. The maximum absolute atomic E-state index is 12.2. The van der Waals surface area contributed by atoms with E-state index >= 15 is 0 Å². The van der Waals surface area contributed by atoms with Crippen molar-refractivity contribution in [2.45, 2.75) is 13.8 Å². The second-order valence-electron chi connectivity index (χ2n) is 6.03. The lowest BCUT2D eigenvalue weighted by Gasteiger charge is -2.09. The molecule has 0 spiro atoms. The molecule has 0 saturated heterocycles. The highest BCUT2D eigenvalue weighted by atomic mass is 32.1. The second kappa shape index (κ2) is 7.55. The van der Waals surface area contributed by atoms with Gasteiger partial charge in [0, 0.05) is 27.9 Å². The summed E-state index contributed by atoms with van der Waals surface area (Å²) in [4.78, 5) is 34.8. The van der Waals surface area contributed by atoms with Gasteiger partial charge < -0.3 is 10.1 Å². The Hall–Kier alpha value is -3.26. The minimum atomic E-state index is -0.644. The molecule has 2 aromatic carbocycles. The van der Waals surface area contributed by atoms with E-state index in [1.165, 1.54) is 18.2 Å². The number of nitro groups is 1. The SMILES string of the molecule is Cc1ccc(NC(=O)COC(=O)c2cc3cc([N+](=O)[O-])ccc3s2)c(C)c1. The van der Waals surface area contributed by atoms with Gasteiger partial charge >= 0.3 is 5.97 Å². The molecule has 1 aromatic heterocycles. The first-order valence-corrected chi connectivity index (χ1v) is 8.87. The predicted molar refractivity (Wildman–Crippen MR) is 103 cm³/mol. The van der Waals surface area contributed by atoms with Crippen molar-refractivity contribution < 1.29 is 19.2 Å². The van der Waals surface area contributed by atoms with Gasteiger partial charge in [0.2, 0.25) is 0 Å². The standard InChI is InChI=1S/C19H16N2O5S/c1-11-3-5-15(12(2)7-11)20-18(22)10-26-19(23)17-9-13-8-14(21(24)25)4-6-16(13)27-17/h3-9H,10H2,1-2H3,(H,20,22). The van der Waals surface area contributed by atoms with Crippen LogP contribution in [0.3, 0.4) is 0 Å². The lowest BCUT2D eigenvalue weighted by atomic mass is 10.1. The summed E-state index contributed by atoms with van der Waals surface area (Å²) in [5, 5.41) is 14.1. The van der Waals surface area contributed by atoms with Crippen LogP contribution in [-0.2, 0) is 9.53 Å². The molecule has 0 bridgehead atoms. The van der Waals surface area contributed by atoms with Gasteiger partial charge in [0.25, 0.3) is 11.6 Å². The fourth-order valence-electron chi connectivity index (χ4n) is 2.59. The molecule has 0 aliphatic heterocycles. The van der Waals surface area contributed by atoms with Gasteiger partial charge in [-0.2, -0.15) is 0 Å². The van der Waals surface area contributed by atoms with Crippen molar-refractivity contribution in [2.24, 2.45) is 0 Å². The van der Waals surface area contributed by atoms with E-state index in [1.54, 1.807) is 12.1 Å². The molecule has 0 aliphatic carbocycles. The van der Waals surface area contributed by atoms with E-state index in [9.17, 15) is 19.7 Å². The number of carbonyl (C=O) groups excluding carboxylic acids is 2. The number of anilines is 1. The van der Waals surface area contributed by atoms with Crippen LogP contribution in [0.2, 0.25) is 0 Å². The summed E-state index contributed by atoms with van der Waals surface area (Å²) < 4.78 is 5.79. The lowest BCUT2D eigenvalue weighted by Crippen LogP contribution is -2.21. The van der Waals surface area contributed by atoms with Gasteiger partial charge in [0.1, 0.15) is 4.88 Å². The van der Waals surface area contributed by atoms with Gasteiger partial charge in [-0.1, -0.05) is 17.7 Å². The molecule has 27 heavy (non-hydrogen) atoms. The number of fused-ring (bicyclic) bond motifs is 1. The van der Waals surface area contributed by atoms with Gasteiger partial charge in [-0.25, -0.2) is 4.79 Å². The molecular formula is C19H16N2O5S. The first kappa shape index (κ1) is 18.5. The summed E-state index contributed by atoms with van der Waals surface area (Å²) in [5.41, 5.74) is 2.62. The Labute approximate surface area is 158 Å². The highest BCUT2D eigenvalue weighted by Crippen LogP contribution is 2.29. The van der Waals surface area contributed by atoms with Crippen LogP contribution in [-0.4, -0.2) is 23.4 Å². The Morgan fingerprint density at radius 1 is 1.15 bits per heavy atom. The molecule has 3 rings (SSSR count). The number of nitro benzene ring substituents is 1. The number of hydrogen-bond acceptors (Lipinski definition) is 6. The number of rotatable bonds is 5. The number of non-ortho nitro benzene ring substituents is 1. The van der Waals surface area contributed by atoms with Crippen LogP contribution in [0.4, 0.5) is 11.4 Å². The summed E-state index contributed by atoms with van der Waals surface area (Å²) in [6, 6.07) is 11.5. The van der Waals surface area contributed by atoms with Crippen molar-refractivity contribution >= 4 is 44.7 Å². The Morgan fingerprint density at radius 2 is 1.93 bits per heavy atom. The quantitative estimate of drug-likeness (QED) is 0.403. The van der Waals surface area contributed by atoms with E-state index in [1.807, 2.05) is 26.0 Å². The van der Waals surface area contributed by atoms with Crippen molar-refractivity contribution in [1.29, 1.82) is 0 Å². The number of aryl methyl sites for hydroxylation is 2. The fourth-order valence-corrected chi connectivity index (χ4v) is 3.52. The van der Waals surface area contributed by atoms with Gasteiger partial charge in [-0.3, -0.25) is 14.9 Å². The number of thiophene rings is 1. The molecule has 1 heterocycles. The monoisotopic (exact) mass is 384 g/mol. The van der Waals surface area contributed by atoms with Crippen LogP contribution in [0.1, 0.15) is 20.8 Å². The molecule has 0 radical (unpaired) electrons. The summed E-state index contributed by atoms with van der Waals surface area (Å²) in [7, 11) is 0. The van der Waals surface area contributed by atoms with Gasteiger partial charge in [-0.15, -0.1) is 11.3 Å². The van der Waals surface area contributed by atoms with E-state index in [4.69, 9.17) is 4.74 Å². The van der Waals surface area contributed by atoms with E-state index < -0.39 is 23.4 Å². The number of benzene rings is 2. The molecule has 138 valence electrons. The van der Waals surface area contributed by atoms with E-state index in [-0.39, 0.29) is 10.6 Å². The van der Waals surface area contributed by atoms with E-state index in [2.05, 4.69) is 5.32 Å². The molecule has 0 unspecified atom stereocenters. The van der Waals surface area contributed by atoms with Crippen LogP contribution in [0, 0.1) is 24.0 Å². The van der Waals surface area contributed by atoms with Crippen molar-refractivity contribution in [2.75, 3.05) is 11.9 Å². The van der Waals surface area contributed by atoms with Gasteiger partial charge in [-0.05, 0) is 37.6 Å². The topological polar surface area (TPSA) is 98.5 Å². The minimum Gasteiger partial charge on any atom is -0.451 e. The highest BCUT2D eigenvalue weighted by molar-refractivity contribution is 7.20. The molecule has 8 heteroatoms. The van der Waals surface area contributed by atoms with Crippen LogP contribution < -0.4 is 5.32 Å². The smallest absolute Gasteiger partial charge is 0.348 e. The van der Waals surface area contributed by atoms with Crippen LogP contribution >= 0.6 is 11.3 Å². The van der Waals surface area contributed by atoms with Crippen molar-refractivity contribution in [3.8, 4) is 0 Å². The van der Waals surface area contributed by atoms with E-state index in [0.717, 1.165) is 27.2 Å². The molecular weight excluding hydrogens is 368 g/mol. The first-order chi connectivity index (χ1) is 12.8. The molecule has 1 N–H and O–H groups in total. The van der Waals surface area contributed by atoms with Crippen LogP contribution in [0.25, 0.3) is 10.1 Å². The van der Waals surface area contributed by atoms with Gasteiger partial charge in [0.15, 0.2) is 6.61 Å². The number of nitrogens with zero attached hydrogens (tertiary/aromatic N) is 1. The number of nitrogens with one attached hydrogen (secondary N) is 1. The number of ether oxygens (including phenoxy) is 1. The summed E-state index contributed by atoms with van der Waals surface area (Å²) in [5.74, 6) is -1.08. The zero-order valence-corrected chi connectivity index (χ0v) is 15.5. The Balaban J connectivity index is 1.64. The average molecular weight is 384 g/mol. The summed E-state index contributed by atoms with van der Waals surface area (Å²) >= 11 is 1.16.